The molecule has 0 fully saturated rings. The van der Waals surface area contributed by atoms with Crippen LogP contribution in [0.4, 0.5) is 4.39 Å². The Morgan fingerprint density at radius 1 is 1.21 bits per heavy atom. The lowest BCUT2D eigenvalue weighted by molar-refractivity contribution is -0.129. The molecule has 0 aliphatic carbocycles. The minimum Gasteiger partial charge on any atom is -0.369 e. The number of amides is 2. The predicted octanol–water partition coefficient (Wildman–Crippen LogP) is 2.88. The second-order valence-electron chi connectivity index (χ2n) is 8.50. The van der Waals surface area contributed by atoms with E-state index in [0.717, 1.165) is 0 Å². The van der Waals surface area contributed by atoms with Crippen LogP contribution < -0.4 is 11.1 Å². The van der Waals surface area contributed by atoms with Crippen LogP contribution in [0, 0.1) is 5.95 Å². The van der Waals surface area contributed by atoms with Crippen LogP contribution in [0.15, 0.2) is 59.9 Å². The molecule has 176 valence electrons. The van der Waals surface area contributed by atoms with Gasteiger partial charge in [0, 0.05) is 43.2 Å². The van der Waals surface area contributed by atoms with Crippen LogP contribution in [0.5, 0.6) is 0 Å². The quantitative estimate of drug-likeness (QED) is 0.550. The largest absolute Gasteiger partial charge is 0.369 e. The molecule has 3 aromatic rings. The summed E-state index contributed by atoms with van der Waals surface area (Å²) in [6, 6.07) is 11.8. The second-order valence-corrected chi connectivity index (χ2v) is 8.50. The number of carbonyl (C=O) groups is 2. The van der Waals surface area contributed by atoms with Crippen molar-refractivity contribution in [2.45, 2.75) is 38.9 Å². The van der Waals surface area contributed by atoms with Gasteiger partial charge in [-0.05, 0) is 56.2 Å². The van der Waals surface area contributed by atoms with Crippen LogP contribution in [0.1, 0.15) is 42.4 Å². The minimum atomic E-state index is -1.51. The van der Waals surface area contributed by atoms with E-state index in [4.69, 9.17) is 5.73 Å². The van der Waals surface area contributed by atoms with Crippen molar-refractivity contribution >= 4 is 17.8 Å². The van der Waals surface area contributed by atoms with Crippen LogP contribution in [-0.4, -0.2) is 45.3 Å². The number of nitrogens with two attached hydrogens (primary N) is 1. The summed E-state index contributed by atoms with van der Waals surface area (Å²) < 4.78 is 16.2. The van der Waals surface area contributed by atoms with E-state index < -0.39 is 11.5 Å². The molecule has 4 rings (SSSR count). The first-order valence-corrected chi connectivity index (χ1v) is 11.1. The summed E-state index contributed by atoms with van der Waals surface area (Å²) in [5.74, 6) is -1.17. The highest BCUT2D eigenvalue weighted by atomic mass is 19.1. The smallest absolute Gasteiger partial charge is 0.268 e. The molecule has 3 heterocycles. The van der Waals surface area contributed by atoms with Gasteiger partial charge < -0.3 is 15.6 Å². The number of rotatable bonds is 6. The lowest BCUT2D eigenvalue weighted by atomic mass is 9.83. The SMILES string of the molecule is CCn1cc(C2(c3cccc(-c4cccnc4F)c3)N=C(N)N(C)C2=O)cc1C(=O)NC(C)C. The first-order valence-electron chi connectivity index (χ1n) is 11.1. The molecular weight excluding hydrogens is 435 g/mol. The fourth-order valence-corrected chi connectivity index (χ4v) is 4.19. The number of aromatic nitrogens is 2. The van der Waals surface area contributed by atoms with Gasteiger partial charge in [-0.15, -0.1) is 0 Å². The van der Waals surface area contributed by atoms with E-state index in [1.807, 2.05) is 20.8 Å². The van der Waals surface area contributed by atoms with Crippen molar-refractivity contribution in [3.63, 3.8) is 0 Å². The third-order valence-corrected chi connectivity index (χ3v) is 5.90. The summed E-state index contributed by atoms with van der Waals surface area (Å²) >= 11 is 0. The van der Waals surface area contributed by atoms with Gasteiger partial charge in [0.05, 0.1) is 0 Å². The predicted molar refractivity (Wildman–Crippen MR) is 128 cm³/mol. The van der Waals surface area contributed by atoms with Gasteiger partial charge in [-0.25, -0.2) is 9.98 Å². The molecule has 1 unspecified atom stereocenters. The molecule has 3 N–H and O–H groups in total. The molecule has 0 radical (unpaired) electrons. The topological polar surface area (TPSA) is 106 Å². The number of pyridine rings is 1. The lowest BCUT2D eigenvalue weighted by Gasteiger charge is -2.25. The van der Waals surface area contributed by atoms with Gasteiger partial charge in [-0.2, -0.15) is 4.39 Å². The molecule has 1 atom stereocenters. The Labute approximate surface area is 197 Å². The van der Waals surface area contributed by atoms with Crippen LogP contribution in [0.25, 0.3) is 11.1 Å². The number of aliphatic imine (C=N–C) groups is 1. The molecular formula is C25H27FN6O2. The molecule has 34 heavy (non-hydrogen) atoms. The maximum atomic E-state index is 14.4. The molecule has 1 aliphatic heterocycles. The van der Waals surface area contributed by atoms with E-state index in [-0.39, 0.29) is 23.8 Å². The second kappa shape index (κ2) is 8.74. The van der Waals surface area contributed by atoms with Crippen molar-refractivity contribution < 1.29 is 14.0 Å². The highest BCUT2D eigenvalue weighted by Crippen LogP contribution is 2.41. The average Bonchev–Trinajstić information content (AvgIpc) is 3.35. The summed E-state index contributed by atoms with van der Waals surface area (Å²) in [5, 5.41) is 2.89. The van der Waals surface area contributed by atoms with E-state index in [1.54, 1.807) is 60.3 Å². The molecule has 9 heteroatoms. The number of nitrogens with one attached hydrogen (secondary N) is 1. The van der Waals surface area contributed by atoms with E-state index in [9.17, 15) is 14.0 Å². The number of carbonyl (C=O) groups excluding carboxylic acids is 2. The van der Waals surface area contributed by atoms with Crippen LogP contribution >= 0.6 is 0 Å². The van der Waals surface area contributed by atoms with Gasteiger partial charge in [-0.3, -0.25) is 14.5 Å². The zero-order valence-electron chi connectivity index (χ0n) is 19.5. The molecule has 2 aromatic heterocycles. The molecule has 0 spiro atoms. The number of guanidine groups is 1. The third-order valence-electron chi connectivity index (χ3n) is 5.90. The number of likely N-dealkylation sites (N-methyl/N-ethyl adjacent to an activating group) is 1. The molecule has 8 nitrogen and oxygen atoms in total. The number of aryl methyl sites for hydroxylation is 1. The zero-order chi connectivity index (χ0) is 24.6. The Morgan fingerprint density at radius 2 is 1.97 bits per heavy atom. The molecule has 0 bridgehead atoms. The van der Waals surface area contributed by atoms with Crippen molar-refractivity contribution in [2.75, 3.05) is 7.05 Å². The van der Waals surface area contributed by atoms with Crippen LogP contribution in [0.2, 0.25) is 0 Å². The van der Waals surface area contributed by atoms with E-state index in [1.165, 1.54) is 11.1 Å². The Balaban J connectivity index is 1.93. The summed E-state index contributed by atoms with van der Waals surface area (Å²) in [6.07, 6.45) is 3.13. The van der Waals surface area contributed by atoms with Crippen molar-refractivity contribution in [1.82, 2.24) is 19.8 Å². The first kappa shape index (κ1) is 23.2. The van der Waals surface area contributed by atoms with Crippen molar-refractivity contribution in [3.8, 4) is 11.1 Å². The summed E-state index contributed by atoms with van der Waals surface area (Å²) in [7, 11) is 1.55. The number of halogens is 1. The highest BCUT2D eigenvalue weighted by molar-refractivity contribution is 6.09. The molecule has 0 saturated heterocycles. The monoisotopic (exact) mass is 462 g/mol. The van der Waals surface area contributed by atoms with Gasteiger partial charge in [0.25, 0.3) is 11.8 Å². The average molecular weight is 463 g/mol. The maximum Gasteiger partial charge on any atom is 0.268 e. The fraction of sp³-hybridized carbons (Fsp3) is 0.280. The minimum absolute atomic E-state index is 0.0518. The Morgan fingerprint density at radius 3 is 2.59 bits per heavy atom. The fourth-order valence-electron chi connectivity index (χ4n) is 4.19. The first-order chi connectivity index (χ1) is 16.2. The van der Waals surface area contributed by atoms with Gasteiger partial charge in [0.15, 0.2) is 11.5 Å². The van der Waals surface area contributed by atoms with Gasteiger partial charge >= 0.3 is 0 Å². The summed E-state index contributed by atoms with van der Waals surface area (Å²) in [4.78, 5) is 36.1. The molecule has 0 saturated carbocycles. The standard InChI is InChI=1S/C25H27FN6O2/c1-5-32-14-18(13-20(32)22(33)29-15(2)3)25(23(34)31(4)24(27)30-25)17-9-6-8-16(12-17)19-10-7-11-28-21(19)26/h6-15H,5H2,1-4H3,(H2,27,30)(H,29,33). The number of benzene rings is 1. The van der Waals surface area contributed by atoms with Crippen molar-refractivity contribution in [1.29, 1.82) is 0 Å². The van der Waals surface area contributed by atoms with Crippen LogP contribution in [-0.2, 0) is 16.9 Å². The van der Waals surface area contributed by atoms with Crippen molar-refractivity contribution in [2.24, 2.45) is 10.7 Å². The molecule has 1 aliphatic rings. The Bertz CT molecular complexity index is 1300. The van der Waals surface area contributed by atoms with E-state index >= 15 is 0 Å². The van der Waals surface area contributed by atoms with Gasteiger partial charge in [0.1, 0.15) is 5.69 Å². The Kier molecular flexibility index (Phi) is 5.95. The number of hydrogen-bond acceptors (Lipinski definition) is 5. The van der Waals surface area contributed by atoms with E-state index in [0.29, 0.717) is 34.5 Å². The summed E-state index contributed by atoms with van der Waals surface area (Å²) in [6.45, 7) is 6.18. The lowest BCUT2D eigenvalue weighted by Crippen LogP contribution is -2.41. The normalized spacial score (nSPS) is 17.9. The van der Waals surface area contributed by atoms with Gasteiger partial charge in [0.2, 0.25) is 5.95 Å². The molecule has 2 amide bonds. The Hall–Kier alpha value is -4.01. The molecule has 1 aromatic carbocycles. The number of nitrogens with zero attached hydrogens (tertiary/aromatic N) is 4. The van der Waals surface area contributed by atoms with Crippen molar-refractivity contribution in [3.05, 3.63) is 77.6 Å². The number of hydrogen-bond donors (Lipinski definition) is 2. The maximum absolute atomic E-state index is 14.4. The van der Waals surface area contributed by atoms with Gasteiger partial charge in [-0.1, -0.05) is 18.2 Å². The summed E-state index contributed by atoms with van der Waals surface area (Å²) in [5.41, 5.74) is 6.86. The van der Waals surface area contributed by atoms with E-state index in [2.05, 4.69) is 15.3 Å². The van der Waals surface area contributed by atoms with Crippen LogP contribution in [0.3, 0.4) is 0 Å². The third kappa shape index (κ3) is 3.72. The highest BCUT2D eigenvalue weighted by Gasteiger charge is 2.50. The zero-order valence-corrected chi connectivity index (χ0v) is 19.5.